The van der Waals surface area contributed by atoms with E-state index in [4.69, 9.17) is 23.7 Å². The quantitative estimate of drug-likeness (QED) is 0.521. The zero-order valence-corrected chi connectivity index (χ0v) is 21.8. The summed E-state index contributed by atoms with van der Waals surface area (Å²) in [6, 6.07) is 10.6. The van der Waals surface area contributed by atoms with Crippen molar-refractivity contribution in [1.29, 1.82) is 0 Å². The van der Waals surface area contributed by atoms with Crippen LogP contribution in [0.3, 0.4) is 0 Å². The van der Waals surface area contributed by atoms with E-state index in [9.17, 15) is 9.59 Å². The molecule has 0 bridgehead atoms. The number of hydrogen-bond donors (Lipinski definition) is 0. The third kappa shape index (κ3) is 6.38. The topological polar surface area (TPSA) is 83.5 Å². The molecule has 0 aromatic heterocycles. The van der Waals surface area contributed by atoms with Gasteiger partial charge in [-0.25, -0.2) is 4.79 Å². The monoisotopic (exact) mass is 495 g/mol. The number of piperidine rings is 1. The Bertz CT molecular complexity index is 1110. The molecule has 1 aliphatic heterocycles. The lowest BCUT2D eigenvalue weighted by Gasteiger charge is -2.32. The molecule has 0 unspecified atom stereocenters. The van der Waals surface area contributed by atoms with Crippen molar-refractivity contribution < 1.29 is 33.3 Å². The minimum atomic E-state index is -0.682. The van der Waals surface area contributed by atoms with Crippen LogP contribution in [0.5, 0.6) is 23.0 Å². The van der Waals surface area contributed by atoms with Gasteiger partial charge >= 0.3 is 6.09 Å². The van der Waals surface area contributed by atoms with Gasteiger partial charge in [0.15, 0.2) is 5.78 Å². The van der Waals surface area contributed by atoms with Gasteiger partial charge in [-0.05, 0) is 69.3 Å². The molecule has 2 aromatic rings. The fourth-order valence-electron chi connectivity index (χ4n) is 3.77. The van der Waals surface area contributed by atoms with Crippen LogP contribution in [0.2, 0.25) is 0 Å². The Labute approximate surface area is 212 Å². The molecule has 1 aliphatic rings. The van der Waals surface area contributed by atoms with Crippen LogP contribution in [0.1, 0.15) is 31.9 Å². The van der Waals surface area contributed by atoms with E-state index in [1.807, 2.05) is 0 Å². The van der Waals surface area contributed by atoms with E-state index in [1.165, 1.54) is 4.90 Å². The van der Waals surface area contributed by atoms with Crippen molar-refractivity contribution in [2.24, 2.45) is 0 Å². The van der Waals surface area contributed by atoms with Crippen molar-refractivity contribution in [3.05, 3.63) is 58.7 Å². The van der Waals surface area contributed by atoms with E-state index in [2.05, 4.69) is 0 Å². The summed E-state index contributed by atoms with van der Waals surface area (Å²) in [5.74, 6) is 2.19. The highest BCUT2D eigenvalue weighted by atomic mass is 16.6. The normalized spacial score (nSPS) is 16.2. The van der Waals surface area contributed by atoms with E-state index in [0.29, 0.717) is 45.3 Å². The van der Waals surface area contributed by atoms with E-state index < -0.39 is 11.7 Å². The van der Waals surface area contributed by atoms with Crippen molar-refractivity contribution in [3.8, 4) is 23.0 Å². The third-order valence-corrected chi connectivity index (χ3v) is 5.49. The second-order valence-corrected chi connectivity index (χ2v) is 9.22. The zero-order valence-electron chi connectivity index (χ0n) is 21.8. The Morgan fingerprint density at radius 2 is 1.22 bits per heavy atom. The summed E-state index contributed by atoms with van der Waals surface area (Å²) in [5, 5.41) is 0. The summed E-state index contributed by atoms with van der Waals surface area (Å²) in [6.45, 7) is 5.57. The number of carbonyl (C=O) groups is 2. The minimum Gasteiger partial charge on any atom is -0.497 e. The average Bonchev–Trinajstić information content (AvgIpc) is 2.85. The molecule has 3 rings (SSSR count). The number of amides is 1. The molecule has 0 N–H and O–H groups in total. The molecule has 1 heterocycles. The summed E-state index contributed by atoms with van der Waals surface area (Å²) in [4.78, 5) is 28.2. The standard InChI is InChI=1S/C28H33NO7/c1-28(2,3)36-27(31)29-16-20(12-18-14-22(32-4)8-10-24(18)34-6)26(30)21(17-29)13-19-15-23(33-5)9-11-25(19)35-7/h8-15H,16-17H2,1-7H3/b20-12+,21-13+. The number of likely N-dealkylation sites (tertiary alicyclic amines) is 1. The molecular weight excluding hydrogens is 462 g/mol. The lowest BCUT2D eigenvalue weighted by Crippen LogP contribution is -2.44. The Morgan fingerprint density at radius 1 is 0.778 bits per heavy atom. The Hall–Kier alpha value is -3.94. The SMILES string of the molecule is COc1ccc(OC)c(/C=C2\CN(C(=O)OC(C)(C)C)C/C(=C\c3cc(OC)ccc3OC)C2=O)c1. The Balaban J connectivity index is 2.11. The molecule has 1 saturated heterocycles. The smallest absolute Gasteiger partial charge is 0.410 e. The van der Waals surface area contributed by atoms with Crippen LogP contribution in [0.15, 0.2) is 47.5 Å². The van der Waals surface area contributed by atoms with E-state index >= 15 is 0 Å². The van der Waals surface area contributed by atoms with Crippen molar-refractivity contribution in [3.63, 3.8) is 0 Å². The number of nitrogens with zero attached hydrogens (tertiary/aromatic N) is 1. The number of rotatable bonds is 6. The van der Waals surface area contributed by atoms with Gasteiger partial charge in [0.05, 0.1) is 41.5 Å². The molecule has 192 valence electrons. The first-order chi connectivity index (χ1) is 17.1. The van der Waals surface area contributed by atoms with Crippen LogP contribution >= 0.6 is 0 Å². The van der Waals surface area contributed by atoms with Gasteiger partial charge in [-0.15, -0.1) is 0 Å². The molecule has 1 amide bonds. The van der Waals surface area contributed by atoms with Crippen LogP contribution in [-0.2, 0) is 9.53 Å². The molecule has 0 saturated carbocycles. The fourth-order valence-corrected chi connectivity index (χ4v) is 3.77. The predicted octanol–water partition coefficient (Wildman–Crippen LogP) is 5.01. The second kappa shape index (κ2) is 11.2. The lowest BCUT2D eigenvalue weighted by molar-refractivity contribution is -0.113. The molecule has 1 fully saturated rings. The van der Waals surface area contributed by atoms with Crippen LogP contribution in [-0.4, -0.2) is 63.9 Å². The molecule has 8 nitrogen and oxygen atoms in total. The highest BCUT2D eigenvalue weighted by Gasteiger charge is 2.32. The number of carbonyl (C=O) groups excluding carboxylic acids is 2. The average molecular weight is 496 g/mol. The molecule has 0 spiro atoms. The summed E-state index contributed by atoms with van der Waals surface area (Å²) in [5.41, 5.74) is 1.45. The highest BCUT2D eigenvalue weighted by Crippen LogP contribution is 2.31. The van der Waals surface area contributed by atoms with Crippen LogP contribution in [0, 0.1) is 0 Å². The lowest BCUT2D eigenvalue weighted by atomic mass is 9.94. The first-order valence-electron chi connectivity index (χ1n) is 11.5. The van der Waals surface area contributed by atoms with Crippen LogP contribution < -0.4 is 18.9 Å². The summed E-state index contributed by atoms with van der Waals surface area (Å²) < 4.78 is 27.2. The third-order valence-electron chi connectivity index (χ3n) is 5.49. The first kappa shape index (κ1) is 26.7. The molecule has 36 heavy (non-hydrogen) atoms. The van der Waals surface area contributed by atoms with E-state index in [1.54, 1.807) is 97.8 Å². The second-order valence-electron chi connectivity index (χ2n) is 9.22. The minimum absolute atomic E-state index is 0.0840. The molecule has 0 atom stereocenters. The van der Waals surface area contributed by atoms with Gasteiger partial charge in [-0.1, -0.05) is 0 Å². The van der Waals surface area contributed by atoms with Gasteiger partial charge in [-0.3, -0.25) is 9.69 Å². The van der Waals surface area contributed by atoms with Crippen molar-refractivity contribution in [2.45, 2.75) is 26.4 Å². The van der Waals surface area contributed by atoms with Gasteiger partial charge in [0.25, 0.3) is 0 Å². The number of ether oxygens (including phenoxy) is 5. The van der Waals surface area contributed by atoms with Gasteiger partial charge in [0.1, 0.15) is 28.6 Å². The van der Waals surface area contributed by atoms with Crippen molar-refractivity contribution in [2.75, 3.05) is 41.5 Å². The van der Waals surface area contributed by atoms with Crippen LogP contribution in [0.4, 0.5) is 4.79 Å². The number of methoxy groups -OCH3 is 4. The summed E-state index contributed by atoms with van der Waals surface area (Å²) in [7, 11) is 6.24. The van der Waals surface area contributed by atoms with E-state index in [0.717, 1.165) is 0 Å². The number of benzene rings is 2. The Morgan fingerprint density at radius 3 is 1.58 bits per heavy atom. The van der Waals surface area contributed by atoms with Crippen molar-refractivity contribution >= 4 is 24.0 Å². The van der Waals surface area contributed by atoms with Gasteiger partial charge in [-0.2, -0.15) is 0 Å². The van der Waals surface area contributed by atoms with Crippen LogP contribution in [0.25, 0.3) is 12.2 Å². The molecule has 2 aromatic carbocycles. The number of Topliss-reactive ketones (excluding diaryl/α,β-unsaturated/α-hetero) is 1. The predicted molar refractivity (Wildman–Crippen MR) is 138 cm³/mol. The summed E-state index contributed by atoms with van der Waals surface area (Å²) >= 11 is 0. The number of ketones is 1. The highest BCUT2D eigenvalue weighted by molar-refractivity contribution is 6.15. The van der Waals surface area contributed by atoms with E-state index in [-0.39, 0.29) is 18.9 Å². The Kier molecular flexibility index (Phi) is 8.29. The van der Waals surface area contributed by atoms with Gasteiger partial charge < -0.3 is 23.7 Å². The molecule has 8 heteroatoms. The number of hydrogen-bond acceptors (Lipinski definition) is 7. The van der Waals surface area contributed by atoms with Gasteiger partial charge in [0, 0.05) is 22.3 Å². The molecule has 0 aliphatic carbocycles. The molecular formula is C28H33NO7. The maximum absolute atomic E-state index is 13.6. The maximum atomic E-state index is 13.6. The van der Waals surface area contributed by atoms with Crippen molar-refractivity contribution in [1.82, 2.24) is 4.90 Å². The zero-order chi connectivity index (χ0) is 26.5. The van der Waals surface area contributed by atoms with Gasteiger partial charge in [0.2, 0.25) is 0 Å². The largest absolute Gasteiger partial charge is 0.497 e. The maximum Gasteiger partial charge on any atom is 0.410 e. The molecule has 0 radical (unpaired) electrons. The summed E-state index contributed by atoms with van der Waals surface area (Å²) in [6.07, 6.45) is 2.93. The fraction of sp³-hybridized carbons (Fsp3) is 0.357. The first-order valence-corrected chi connectivity index (χ1v) is 11.5.